The SMILES string of the molecule is O=C(O)C1CCN(C(=O)C=Cc2ccc(Cl)s2)CC1. The zero-order valence-electron chi connectivity index (χ0n) is 10.2. The van der Waals surface area contributed by atoms with Crippen molar-refractivity contribution in [1.29, 1.82) is 0 Å². The Kier molecular flexibility index (Phi) is 4.61. The number of piperidine rings is 1. The summed E-state index contributed by atoms with van der Waals surface area (Å²) in [5.74, 6) is -1.16. The highest BCUT2D eigenvalue weighted by Gasteiger charge is 2.25. The number of hydrogen-bond acceptors (Lipinski definition) is 3. The van der Waals surface area contributed by atoms with Crippen LogP contribution in [-0.2, 0) is 9.59 Å². The second-order valence-corrected chi connectivity index (χ2v) is 6.16. The van der Waals surface area contributed by atoms with Crippen molar-refractivity contribution in [1.82, 2.24) is 4.90 Å². The van der Waals surface area contributed by atoms with Gasteiger partial charge in [0.05, 0.1) is 10.3 Å². The van der Waals surface area contributed by atoms with Crippen LogP contribution in [0.4, 0.5) is 0 Å². The molecule has 1 fully saturated rings. The van der Waals surface area contributed by atoms with E-state index in [1.165, 1.54) is 17.4 Å². The lowest BCUT2D eigenvalue weighted by Gasteiger charge is -2.29. The Balaban J connectivity index is 1.88. The smallest absolute Gasteiger partial charge is 0.306 e. The molecule has 2 heterocycles. The molecule has 6 heteroatoms. The van der Waals surface area contributed by atoms with Crippen LogP contribution < -0.4 is 0 Å². The molecule has 1 saturated heterocycles. The van der Waals surface area contributed by atoms with Gasteiger partial charge in [0.15, 0.2) is 0 Å². The molecule has 1 amide bonds. The lowest BCUT2D eigenvalue weighted by Crippen LogP contribution is -2.39. The molecule has 0 saturated carbocycles. The highest BCUT2D eigenvalue weighted by Crippen LogP contribution is 2.23. The number of aliphatic carboxylic acids is 1. The van der Waals surface area contributed by atoms with Crippen molar-refractivity contribution >= 4 is 40.9 Å². The highest BCUT2D eigenvalue weighted by molar-refractivity contribution is 7.17. The lowest BCUT2D eigenvalue weighted by molar-refractivity contribution is -0.144. The van der Waals surface area contributed by atoms with Gasteiger partial charge in [-0.2, -0.15) is 0 Å². The van der Waals surface area contributed by atoms with E-state index < -0.39 is 5.97 Å². The van der Waals surface area contributed by atoms with Crippen molar-refractivity contribution in [2.45, 2.75) is 12.8 Å². The predicted octanol–water partition coefficient (Wildman–Crippen LogP) is 2.74. The summed E-state index contributed by atoms with van der Waals surface area (Å²) in [7, 11) is 0. The Bertz CT molecular complexity index is 504. The molecule has 0 atom stereocenters. The van der Waals surface area contributed by atoms with Crippen LogP contribution in [-0.4, -0.2) is 35.0 Å². The molecule has 2 rings (SSSR count). The number of carbonyl (C=O) groups is 2. The van der Waals surface area contributed by atoms with Crippen molar-refractivity contribution in [3.63, 3.8) is 0 Å². The normalized spacial score (nSPS) is 17.0. The molecule has 1 aromatic heterocycles. The van der Waals surface area contributed by atoms with Crippen LogP contribution in [0, 0.1) is 5.92 Å². The molecule has 0 aromatic carbocycles. The average molecular weight is 300 g/mol. The molecule has 0 aliphatic carbocycles. The van der Waals surface area contributed by atoms with E-state index in [2.05, 4.69) is 0 Å². The van der Waals surface area contributed by atoms with E-state index in [1.807, 2.05) is 6.07 Å². The van der Waals surface area contributed by atoms with Crippen molar-refractivity contribution in [2.24, 2.45) is 5.92 Å². The number of carboxylic acids is 1. The quantitative estimate of drug-likeness (QED) is 0.873. The van der Waals surface area contributed by atoms with Crippen LogP contribution in [0.1, 0.15) is 17.7 Å². The highest BCUT2D eigenvalue weighted by atomic mass is 35.5. The van der Waals surface area contributed by atoms with Gasteiger partial charge in [0, 0.05) is 24.0 Å². The summed E-state index contributed by atoms with van der Waals surface area (Å²) in [5, 5.41) is 8.89. The Morgan fingerprint density at radius 3 is 2.58 bits per heavy atom. The standard InChI is InChI=1S/C13H14ClNO3S/c14-11-3-1-10(19-11)2-4-12(16)15-7-5-9(6-8-15)13(17)18/h1-4,9H,5-8H2,(H,17,18). The maximum absolute atomic E-state index is 11.9. The molecule has 0 radical (unpaired) electrons. The molecule has 0 spiro atoms. The third kappa shape index (κ3) is 3.81. The average Bonchev–Trinajstić information content (AvgIpc) is 2.82. The summed E-state index contributed by atoms with van der Waals surface area (Å²) in [6.45, 7) is 1.01. The first-order chi connectivity index (χ1) is 9.06. The number of carbonyl (C=O) groups excluding carboxylic acids is 1. The van der Waals surface area contributed by atoms with Gasteiger partial charge in [-0.1, -0.05) is 11.6 Å². The maximum atomic E-state index is 11.9. The minimum atomic E-state index is -0.768. The van der Waals surface area contributed by atoms with Gasteiger partial charge in [0.2, 0.25) is 5.91 Å². The second-order valence-electron chi connectivity index (χ2n) is 4.41. The van der Waals surface area contributed by atoms with Gasteiger partial charge in [-0.15, -0.1) is 11.3 Å². The molecule has 0 unspecified atom stereocenters. The number of nitrogens with zero attached hydrogens (tertiary/aromatic N) is 1. The lowest BCUT2D eigenvalue weighted by atomic mass is 9.97. The fourth-order valence-corrected chi connectivity index (χ4v) is 2.99. The van der Waals surface area contributed by atoms with Crippen molar-refractivity contribution in [3.05, 3.63) is 27.4 Å². The van der Waals surface area contributed by atoms with Crippen LogP contribution in [0.5, 0.6) is 0 Å². The maximum Gasteiger partial charge on any atom is 0.306 e. The summed E-state index contributed by atoms with van der Waals surface area (Å²) in [5.41, 5.74) is 0. The topological polar surface area (TPSA) is 57.6 Å². The number of halogens is 1. The van der Waals surface area contributed by atoms with E-state index in [-0.39, 0.29) is 11.8 Å². The van der Waals surface area contributed by atoms with E-state index in [4.69, 9.17) is 16.7 Å². The third-order valence-electron chi connectivity index (χ3n) is 3.14. The second kappa shape index (κ2) is 6.21. The monoisotopic (exact) mass is 299 g/mol. The van der Waals surface area contributed by atoms with Gasteiger partial charge in [-0.25, -0.2) is 0 Å². The number of hydrogen-bond donors (Lipinski definition) is 1. The minimum absolute atomic E-state index is 0.0756. The Hall–Kier alpha value is -1.33. The summed E-state index contributed by atoms with van der Waals surface area (Å²) < 4.78 is 0.689. The predicted molar refractivity (Wildman–Crippen MR) is 75.3 cm³/mol. The van der Waals surface area contributed by atoms with Gasteiger partial charge < -0.3 is 10.0 Å². The van der Waals surface area contributed by atoms with Crippen LogP contribution >= 0.6 is 22.9 Å². The molecule has 19 heavy (non-hydrogen) atoms. The van der Waals surface area contributed by atoms with E-state index in [0.29, 0.717) is 30.3 Å². The molecule has 1 aliphatic heterocycles. The van der Waals surface area contributed by atoms with E-state index in [0.717, 1.165) is 4.88 Å². The first-order valence-electron chi connectivity index (χ1n) is 6.01. The number of thiophene rings is 1. The fraction of sp³-hybridized carbons (Fsp3) is 0.385. The summed E-state index contributed by atoms with van der Waals surface area (Å²) >= 11 is 7.21. The van der Waals surface area contributed by atoms with Gasteiger partial charge in [0.1, 0.15) is 0 Å². The van der Waals surface area contributed by atoms with Gasteiger partial charge in [-0.05, 0) is 31.1 Å². The van der Waals surface area contributed by atoms with E-state index in [1.54, 1.807) is 17.0 Å². The zero-order chi connectivity index (χ0) is 13.8. The Labute approximate surface area is 120 Å². The summed E-state index contributed by atoms with van der Waals surface area (Å²) in [6, 6.07) is 3.64. The third-order valence-corrected chi connectivity index (χ3v) is 4.34. The van der Waals surface area contributed by atoms with E-state index >= 15 is 0 Å². The number of amides is 1. The first-order valence-corrected chi connectivity index (χ1v) is 7.21. The fourth-order valence-electron chi connectivity index (χ4n) is 2.02. The minimum Gasteiger partial charge on any atom is -0.481 e. The molecule has 1 aromatic rings. The van der Waals surface area contributed by atoms with Gasteiger partial charge >= 0.3 is 5.97 Å². The molecular weight excluding hydrogens is 286 g/mol. The molecule has 0 bridgehead atoms. The molecule has 4 nitrogen and oxygen atoms in total. The molecular formula is C13H14ClNO3S. The zero-order valence-corrected chi connectivity index (χ0v) is 11.8. The number of likely N-dealkylation sites (tertiary alicyclic amines) is 1. The van der Waals surface area contributed by atoms with Crippen molar-refractivity contribution in [2.75, 3.05) is 13.1 Å². The Morgan fingerprint density at radius 1 is 1.37 bits per heavy atom. The molecule has 1 N–H and O–H groups in total. The van der Waals surface area contributed by atoms with E-state index in [9.17, 15) is 9.59 Å². The summed E-state index contributed by atoms with van der Waals surface area (Å²) in [4.78, 5) is 25.3. The first kappa shape index (κ1) is 14.1. The Morgan fingerprint density at radius 2 is 2.05 bits per heavy atom. The molecule has 102 valence electrons. The number of carboxylic acid groups (broad SMARTS) is 1. The van der Waals surface area contributed by atoms with Crippen molar-refractivity contribution in [3.8, 4) is 0 Å². The summed E-state index contributed by atoms with van der Waals surface area (Å²) in [6.07, 6.45) is 4.31. The van der Waals surface area contributed by atoms with Crippen molar-refractivity contribution < 1.29 is 14.7 Å². The largest absolute Gasteiger partial charge is 0.481 e. The van der Waals surface area contributed by atoms with Crippen LogP contribution in [0.15, 0.2) is 18.2 Å². The van der Waals surface area contributed by atoms with Crippen LogP contribution in [0.2, 0.25) is 4.34 Å². The van der Waals surface area contributed by atoms with Gasteiger partial charge in [-0.3, -0.25) is 9.59 Å². The van der Waals surface area contributed by atoms with Crippen LogP contribution in [0.25, 0.3) is 6.08 Å². The van der Waals surface area contributed by atoms with Gasteiger partial charge in [0.25, 0.3) is 0 Å². The molecule has 1 aliphatic rings. The number of rotatable bonds is 3. The van der Waals surface area contributed by atoms with Crippen LogP contribution in [0.3, 0.4) is 0 Å².